The molecule has 0 radical (unpaired) electrons. The molecule has 3 amide bonds. The Morgan fingerprint density at radius 3 is 2.50 bits per heavy atom. The number of hydrogen-bond donors (Lipinski definition) is 1. The van der Waals surface area contributed by atoms with Crippen LogP contribution in [0.1, 0.15) is 72.1 Å². The largest absolute Gasteiger partial charge is 0.344 e. The summed E-state index contributed by atoms with van der Waals surface area (Å²) < 4.78 is 0. The molecule has 2 unspecified atom stereocenters. The fourth-order valence-electron chi connectivity index (χ4n) is 2.78. The molecule has 126 valence electrons. The third kappa shape index (κ3) is 5.11. The van der Waals surface area contributed by atoms with Gasteiger partial charge in [-0.1, -0.05) is 40.0 Å². The number of nitrogens with one attached hydrogen (secondary N) is 1. The zero-order valence-corrected chi connectivity index (χ0v) is 14.2. The van der Waals surface area contributed by atoms with Crippen LogP contribution in [0.15, 0.2) is 0 Å². The van der Waals surface area contributed by atoms with E-state index < -0.39 is 6.04 Å². The first-order valence-corrected chi connectivity index (χ1v) is 8.69. The van der Waals surface area contributed by atoms with E-state index in [0.717, 1.165) is 38.5 Å². The van der Waals surface area contributed by atoms with Crippen LogP contribution in [0.25, 0.3) is 0 Å². The van der Waals surface area contributed by atoms with Gasteiger partial charge in [0.25, 0.3) is 5.91 Å². The highest BCUT2D eigenvalue weighted by molar-refractivity contribution is 6.01. The number of rotatable bonds is 9. The Morgan fingerprint density at radius 1 is 1.23 bits per heavy atom. The van der Waals surface area contributed by atoms with E-state index in [4.69, 9.17) is 0 Å². The summed E-state index contributed by atoms with van der Waals surface area (Å²) in [5.74, 6) is -0.418. The predicted octanol–water partition coefficient (Wildman–Crippen LogP) is 2.64. The molecule has 0 aromatic carbocycles. The van der Waals surface area contributed by atoms with Crippen molar-refractivity contribution in [3.8, 4) is 0 Å². The van der Waals surface area contributed by atoms with Gasteiger partial charge in [0, 0.05) is 18.9 Å². The van der Waals surface area contributed by atoms with Gasteiger partial charge in [-0.25, -0.2) is 0 Å². The van der Waals surface area contributed by atoms with E-state index >= 15 is 0 Å². The molecular formula is C17H30N2O3. The number of piperidine rings is 1. The maximum Gasteiger partial charge on any atom is 0.251 e. The van der Waals surface area contributed by atoms with E-state index in [2.05, 4.69) is 12.2 Å². The first-order chi connectivity index (χ1) is 10.5. The smallest absolute Gasteiger partial charge is 0.251 e. The third-order valence-corrected chi connectivity index (χ3v) is 4.33. The second-order valence-corrected chi connectivity index (χ2v) is 6.08. The van der Waals surface area contributed by atoms with E-state index in [0.29, 0.717) is 19.4 Å². The monoisotopic (exact) mass is 310 g/mol. The van der Waals surface area contributed by atoms with Gasteiger partial charge in [-0.05, 0) is 25.7 Å². The molecule has 0 spiro atoms. The Bertz CT molecular complexity index is 395. The van der Waals surface area contributed by atoms with Gasteiger partial charge in [-0.2, -0.15) is 0 Å². The third-order valence-electron chi connectivity index (χ3n) is 4.33. The van der Waals surface area contributed by atoms with Crippen LogP contribution in [0, 0.1) is 5.92 Å². The zero-order valence-electron chi connectivity index (χ0n) is 14.2. The van der Waals surface area contributed by atoms with Gasteiger partial charge in [-0.3, -0.25) is 19.3 Å². The van der Waals surface area contributed by atoms with Crippen LogP contribution < -0.4 is 5.32 Å². The highest BCUT2D eigenvalue weighted by atomic mass is 16.2. The van der Waals surface area contributed by atoms with Crippen LogP contribution in [-0.4, -0.2) is 35.2 Å². The summed E-state index contributed by atoms with van der Waals surface area (Å²) in [6.07, 6.45) is 6.23. The lowest BCUT2D eigenvalue weighted by atomic mass is 9.96. The van der Waals surface area contributed by atoms with Crippen molar-refractivity contribution >= 4 is 17.7 Å². The molecule has 2 atom stereocenters. The summed E-state index contributed by atoms with van der Waals surface area (Å²) in [7, 11) is 0. The van der Waals surface area contributed by atoms with Crippen LogP contribution in [0.5, 0.6) is 0 Å². The molecular weight excluding hydrogens is 280 g/mol. The van der Waals surface area contributed by atoms with Gasteiger partial charge in [0.05, 0.1) is 0 Å². The van der Waals surface area contributed by atoms with Crippen LogP contribution >= 0.6 is 0 Å². The molecule has 1 aliphatic heterocycles. The molecule has 22 heavy (non-hydrogen) atoms. The lowest BCUT2D eigenvalue weighted by molar-refractivity contribution is -0.151. The lowest BCUT2D eigenvalue weighted by Gasteiger charge is -2.31. The fraction of sp³-hybridized carbons (Fsp3) is 0.824. The van der Waals surface area contributed by atoms with Gasteiger partial charge in [0.15, 0.2) is 0 Å². The van der Waals surface area contributed by atoms with E-state index in [1.807, 2.05) is 13.8 Å². The molecule has 1 saturated heterocycles. The van der Waals surface area contributed by atoms with E-state index in [9.17, 15) is 14.4 Å². The number of carbonyl (C=O) groups is 3. The number of imide groups is 1. The average Bonchev–Trinajstić information content (AvgIpc) is 2.51. The van der Waals surface area contributed by atoms with Gasteiger partial charge in [0.2, 0.25) is 11.8 Å². The summed E-state index contributed by atoms with van der Waals surface area (Å²) in [5.41, 5.74) is 0. The van der Waals surface area contributed by atoms with Crippen molar-refractivity contribution in [2.75, 3.05) is 6.54 Å². The molecule has 1 N–H and O–H groups in total. The van der Waals surface area contributed by atoms with Crippen molar-refractivity contribution in [2.45, 2.75) is 78.2 Å². The number of amides is 3. The molecule has 5 heteroatoms. The molecule has 0 aromatic heterocycles. The molecule has 0 aliphatic carbocycles. The molecule has 0 aromatic rings. The average molecular weight is 310 g/mol. The Morgan fingerprint density at radius 2 is 1.91 bits per heavy atom. The molecule has 5 nitrogen and oxygen atoms in total. The summed E-state index contributed by atoms with van der Waals surface area (Å²) >= 11 is 0. The van der Waals surface area contributed by atoms with Crippen molar-refractivity contribution in [2.24, 2.45) is 5.92 Å². The lowest BCUT2D eigenvalue weighted by Crippen LogP contribution is -2.55. The first-order valence-electron chi connectivity index (χ1n) is 8.69. The standard InChI is InChI=1S/C17H30N2O3/c1-4-7-9-13(6-3)16(21)18-14-10-11-15(20)19(17(14)22)12-8-5-2/h13-14H,4-12H2,1-3H3,(H,18,21). The molecule has 1 aliphatic rings. The fourth-order valence-corrected chi connectivity index (χ4v) is 2.78. The molecule has 0 saturated carbocycles. The van der Waals surface area contributed by atoms with Crippen LogP contribution in [0.4, 0.5) is 0 Å². The normalized spacial score (nSPS) is 20.1. The number of carbonyl (C=O) groups excluding carboxylic acids is 3. The van der Waals surface area contributed by atoms with Crippen molar-refractivity contribution in [3.05, 3.63) is 0 Å². The number of unbranched alkanes of at least 4 members (excludes halogenated alkanes) is 2. The highest BCUT2D eigenvalue weighted by Crippen LogP contribution is 2.17. The first kappa shape index (κ1) is 18.7. The van der Waals surface area contributed by atoms with Crippen molar-refractivity contribution in [3.63, 3.8) is 0 Å². The molecule has 0 bridgehead atoms. The quantitative estimate of drug-likeness (QED) is 0.666. The predicted molar refractivity (Wildman–Crippen MR) is 86.1 cm³/mol. The summed E-state index contributed by atoms with van der Waals surface area (Å²) in [6.45, 7) is 6.59. The zero-order chi connectivity index (χ0) is 16.5. The van der Waals surface area contributed by atoms with Crippen LogP contribution in [0.3, 0.4) is 0 Å². The Hall–Kier alpha value is -1.39. The van der Waals surface area contributed by atoms with E-state index in [1.165, 1.54) is 4.90 Å². The number of hydrogen-bond acceptors (Lipinski definition) is 3. The molecule has 1 fully saturated rings. The highest BCUT2D eigenvalue weighted by Gasteiger charge is 2.35. The Balaban J connectivity index is 2.61. The summed E-state index contributed by atoms with van der Waals surface area (Å²) in [6, 6.07) is -0.530. The Labute approximate surface area is 133 Å². The Kier molecular flexibility index (Phi) is 8.13. The van der Waals surface area contributed by atoms with E-state index in [1.54, 1.807) is 0 Å². The van der Waals surface area contributed by atoms with E-state index in [-0.39, 0.29) is 23.6 Å². The second kappa shape index (κ2) is 9.59. The number of nitrogens with zero attached hydrogens (tertiary/aromatic N) is 1. The van der Waals surface area contributed by atoms with Crippen LogP contribution in [-0.2, 0) is 14.4 Å². The minimum atomic E-state index is -0.530. The number of likely N-dealkylation sites (tertiary alicyclic amines) is 1. The van der Waals surface area contributed by atoms with Crippen molar-refractivity contribution < 1.29 is 14.4 Å². The van der Waals surface area contributed by atoms with Gasteiger partial charge >= 0.3 is 0 Å². The molecule has 1 rings (SSSR count). The van der Waals surface area contributed by atoms with Gasteiger partial charge in [0.1, 0.15) is 6.04 Å². The van der Waals surface area contributed by atoms with Gasteiger partial charge < -0.3 is 5.32 Å². The minimum absolute atomic E-state index is 0.0329. The summed E-state index contributed by atoms with van der Waals surface area (Å²) in [5, 5.41) is 2.87. The van der Waals surface area contributed by atoms with Crippen molar-refractivity contribution in [1.82, 2.24) is 10.2 Å². The minimum Gasteiger partial charge on any atom is -0.344 e. The second-order valence-electron chi connectivity index (χ2n) is 6.08. The SMILES string of the molecule is CCCCC(CC)C(=O)NC1CCC(=O)N(CCCC)C1=O. The maximum absolute atomic E-state index is 12.4. The van der Waals surface area contributed by atoms with Crippen molar-refractivity contribution in [1.29, 1.82) is 0 Å². The van der Waals surface area contributed by atoms with Crippen LogP contribution in [0.2, 0.25) is 0 Å². The summed E-state index contributed by atoms with van der Waals surface area (Å²) in [4.78, 5) is 37.9. The molecule has 1 heterocycles. The maximum atomic E-state index is 12.4. The topological polar surface area (TPSA) is 66.5 Å². The van der Waals surface area contributed by atoms with Gasteiger partial charge in [-0.15, -0.1) is 0 Å².